The summed E-state index contributed by atoms with van der Waals surface area (Å²) in [5, 5.41) is 2.90. The van der Waals surface area contributed by atoms with Gasteiger partial charge in [0.15, 0.2) is 0 Å². The Hall–Kier alpha value is -2.43. The summed E-state index contributed by atoms with van der Waals surface area (Å²) in [6.07, 6.45) is 5.57. The van der Waals surface area contributed by atoms with Crippen molar-refractivity contribution in [2.75, 3.05) is 18.0 Å². The van der Waals surface area contributed by atoms with E-state index >= 15 is 0 Å². The number of aryl methyl sites for hydroxylation is 1. The van der Waals surface area contributed by atoms with E-state index in [4.69, 9.17) is 0 Å². The van der Waals surface area contributed by atoms with Crippen molar-refractivity contribution in [2.24, 2.45) is 0 Å². The van der Waals surface area contributed by atoms with Crippen molar-refractivity contribution in [3.8, 4) is 0 Å². The van der Waals surface area contributed by atoms with Crippen LogP contribution in [0.3, 0.4) is 0 Å². The van der Waals surface area contributed by atoms with E-state index in [9.17, 15) is 4.79 Å². The zero-order chi connectivity index (χ0) is 15.4. The molecule has 1 fully saturated rings. The van der Waals surface area contributed by atoms with E-state index in [2.05, 4.69) is 26.3 Å². The van der Waals surface area contributed by atoms with E-state index in [-0.39, 0.29) is 5.91 Å². The lowest BCUT2D eigenvalue weighted by molar-refractivity contribution is 0.0950. The minimum Gasteiger partial charge on any atom is -0.348 e. The van der Waals surface area contributed by atoms with E-state index < -0.39 is 0 Å². The molecule has 0 unspecified atom stereocenters. The van der Waals surface area contributed by atoms with Crippen molar-refractivity contribution in [3.63, 3.8) is 0 Å². The maximum atomic E-state index is 12.1. The molecule has 1 aromatic heterocycles. The molecule has 5 nitrogen and oxygen atoms in total. The summed E-state index contributed by atoms with van der Waals surface area (Å²) in [6, 6.07) is 8.09. The number of amides is 1. The molecule has 3 rings (SSSR count). The lowest BCUT2D eigenvalue weighted by Gasteiger charge is -2.14. The van der Waals surface area contributed by atoms with Crippen molar-refractivity contribution in [2.45, 2.75) is 26.3 Å². The molecule has 1 saturated heterocycles. The standard InChI is InChI=1S/C17H20N4O/c1-13-5-4-6-14(9-13)10-18-16(22)15-11-19-17(20-12-15)21-7-2-3-8-21/h4-6,9,11-12H,2-3,7-8,10H2,1H3,(H,18,22). The van der Waals surface area contributed by atoms with Crippen LogP contribution in [0.25, 0.3) is 0 Å². The zero-order valence-electron chi connectivity index (χ0n) is 12.7. The Balaban J connectivity index is 1.60. The van der Waals surface area contributed by atoms with Gasteiger partial charge in [0.25, 0.3) is 5.91 Å². The Morgan fingerprint density at radius 2 is 1.95 bits per heavy atom. The van der Waals surface area contributed by atoms with Gasteiger partial charge in [-0.1, -0.05) is 29.8 Å². The van der Waals surface area contributed by atoms with Gasteiger partial charge in [0.2, 0.25) is 5.95 Å². The van der Waals surface area contributed by atoms with Gasteiger partial charge < -0.3 is 10.2 Å². The molecule has 114 valence electrons. The maximum Gasteiger partial charge on any atom is 0.254 e. The molecule has 1 aromatic carbocycles. The van der Waals surface area contributed by atoms with Crippen molar-refractivity contribution in [3.05, 3.63) is 53.3 Å². The molecule has 1 aliphatic heterocycles. The van der Waals surface area contributed by atoms with Crippen LogP contribution in [0, 0.1) is 6.92 Å². The third-order valence-corrected chi connectivity index (χ3v) is 3.82. The average molecular weight is 296 g/mol. The summed E-state index contributed by atoms with van der Waals surface area (Å²) in [7, 11) is 0. The monoisotopic (exact) mass is 296 g/mol. The van der Waals surface area contributed by atoms with Crippen LogP contribution < -0.4 is 10.2 Å². The molecule has 0 atom stereocenters. The minimum absolute atomic E-state index is 0.144. The molecule has 0 saturated carbocycles. The van der Waals surface area contributed by atoms with Crippen LogP contribution >= 0.6 is 0 Å². The van der Waals surface area contributed by atoms with Crippen LogP contribution in [0.5, 0.6) is 0 Å². The van der Waals surface area contributed by atoms with Gasteiger partial charge in [-0.3, -0.25) is 4.79 Å². The lowest BCUT2D eigenvalue weighted by Crippen LogP contribution is -2.24. The second-order valence-corrected chi connectivity index (χ2v) is 5.64. The van der Waals surface area contributed by atoms with Crippen LogP contribution in [0.4, 0.5) is 5.95 Å². The minimum atomic E-state index is -0.144. The number of nitrogens with zero attached hydrogens (tertiary/aromatic N) is 3. The first kappa shape index (κ1) is 14.5. The predicted octanol–water partition coefficient (Wildman–Crippen LogP) is 2.32. The van der Waals surface area contributed by atoms with E-state index in [0.717, 1.165) is 18.7 Å². The molecule has 1 N–H and O–H groups in total. The maximum absolute atomic E-state index is 12.1. The van der Waals surface area contributed by atoms with E-state index in [1.54, 1.807) is 12.4 Å². The van der Waals surface area contributed by atoms with Crippen molar-refractivity contribution in [1.29, 1.82) is 0 Å². The SMILES string of the molecule is Cc1cccc(CNC(=O)c2cnc(N3CCCC3)nc2)c1. The fourth-order valence-electron chi connectivity index (χ4n) is 2.63. The van der Waals surface area contributed by atoms with Gasteiger partial charge >= 0.3 is 0 Å². The number of rotatable bonds is 4. The lowest BCUT2D eigenvalue weighted by atomic mass is 10.1. The van der Waals surface area contributed by atoms with Gasteiger partial charge in [-0.25, -0.2) is 9.97 Å². The largest absolute Gasteiger partial charge is 0.348 e. The molecule has 0 aliphatic carbocycles. The number of anilines is 1. The molecule has 1 aliphatic rings. The normalized spacial score (nSPS) is 14.1. The van der Waals surface area contributed by atoms with Crippen LogP contribution in [-0.4, -0.2) is 29.0 Å². The van der Waals surface area contributed by atoms with E-state index in [1.807, 2.05) is 25.1 Å². The molecular weight excluding hydrogens is 276 g/mol. The summed E-state index contributed by atoms with van der Waals surface area (Å²) >= 11 is 0. The quantitative estimate of drug-likeness (QED) is 0.940. The highest BCUT2D eigenvalue weighted by atomic mass is 16.1. The summed E-state index contributed by atoms with van der Waals surface area (Å²) in [5.41, 5.74) is 2.77. The number of aromatic nitrogens is 2. The van der Waals surface area contributed by atoms with Gasteiger partial charge in [0.1, 0.15) is 0 Å². The van der Waals surface area contributed by atoms with Crippen LogP contribution in [0.15, 0.2) is 36.7 Å². The first-order chi connectivity index (χ1) is 10.7. The second kappa shape index (κ2) is 6.56. The van der Waals surface area contributed by atoms with Gasteiger partial charge in [-0.05, 0) is 25.3 Å². The van der Waals surface area contributed by atoms with E-state index in [1.165, 1.54) is 18.4 Å². The van der Waals surface area contributed by atoms with Gasteiger partial charge in [0, 0.05) is 32.0 Å². The third kappa shape index (κ3) is 3.42. The summed E-state index contributed by atoms with van der Waals surface area (Å²) in [6.45, 7) is 4.54. The number of hydrogen-bond donors (Lipinski definition) is 1. The Kier molecular flexibility index (Phi) is 4.32. The van der Waals surface area contributed by atoms with Crippen LogP contribution in [-0.2, 0) is 6.54 Å². The Morgan fingerprint density at radius 1 is 1.23 bits per heavy atom. The molecular formula is C17H20N4O. The molecule has 0 radical (unpaired) electrons. The fraction of sp³-hybridized carbons (Fsp3) is 0.353. The predicted molar refractivity (Wildman–Crippen MR) is 85.8 cm³/mol. The first-order valence-corrected chi connectivity index (χ1v) is 7.63. The second-order valence-electron chi connectivity index (χ2n) is 5.64. The van der Waals surface area contributed by atoms with Crippen molar-refractivity contribution >= 4 is 11.9 Å². The van der Waals surface area contributed by atoms with Gasteiger partial charge in [-0.15, -0.1) is 0 Å². The molecule has 0 bridgehead atoms. The molecule has 2 aromatic rings. The van der Waals surface area contributed by atoms with Gasteiger partial charge in [0.05, 0.1) is 5.56 Å². The van der Waals surface area contributed by atoms with Crippen molar-refractivity contribution in [1.82, 2.24) is 15.3 Å². The topological polar surface area (TPSA) is 58.1 Å². The smallest absolute Gasteiger partial charge is 0.254 e. The molecule has 1 amide bonds. The molecule has 5 heteroatoms. The van der Waals surface area contributed by atoms with E-state index in [0.29, 0.717) is 18.1 Å². The molecule has 2 heterocycles. The first-order valence-electron chi connectivity index (χ1n) is 7.63. The Labute approximate surface area is 130 Å². The number of hydrogen-bond acceptors (Lipinski definition) is 4. The highest BCUT2D eigenvalue weighted by Gasteiger charge is 2.15. The third-order valence-electron chi connectivity index (χ3n) is 3.82. The Morgan fingerprint density at radius 3 is 2.64 bits per heavy atom. The Bertz CT molecular complexity index is 648. The van der Waals surface area contributed by atoms with Gasteiger partial charge in [-0.2, -0.15) is 0 Å². The fourth-order valence-corrected chi connectivity index (χ4v) is 2.63. The zero-order valence-corrected chi connectivity index (χ0v) is 12.7. The highest BCUT2D eigenvalue weighted by molar-refractivity contribution is 5.93. The van der Waals surface area contributed by atoms with Crippen LogP contribution in [0.1, 0.15) is 34.3 Å². The summed E-state index contributed by atoms with van der Waals surface area (Å²) in [4.78, 5) is 22.9. The van der Waals surface area contributed by atoms with Crippen molar-refractivity contribution < 1.29 is 4.79 Å². The molecule has 22 heavy (non-hydrogen) atoms. The number of benzene rings is 1. The summed E-state index contributed by atoms with van der Waals surface area (Å²) < 4.78 is 0. The number of carbonyl (C=O) groups is 1. The number of nitrogens with one attached hydrogen (secondary N) is 1. The van der Waals surface area contributed by atoms with Crippen LogP contribution in [0.2, 0.25) is 0 Å². The molecule has 0 spiro atoms. The highest BCUT2D eigenvalue weighted by Crippen LogP contribution is 2.14. The summed E-state index contributed by atoms with van der Waals surface area (Å²) in [5.74, 6) is 0.571. The number of carbonyl (C=O) groups excluding carboxylic acids is 1. The average Bonchev–Trinajstić information content (AvgIpc) is 3.07.